The molecule has 0 bridgehead atoms. The number of carbonyl (C=O) groups excluding carboxylic acids is 1. The van der Waals surface area contributed by atoms with Crippen molar-refractivity contribution in [2.75, 3.05) is 26.3 Å². The van der Waals surface area contributed by atoms with Crippen LogP contribution in [-0.2, 0) is 0 Å². The topological polar surface area (TPSA) is 38.8 Å². The summed E-state index contributed by atoms with van der Waals surface area (Å²) in [4.78, 5) is 16.6. The number of piperidine rings is 1. The van der Waals surface area contributed by atoms with Gasteiger partial charge in [-0.25, -0.2) is 0 Å². The lowest BCUT2D eigenvalue weighted by atomic mass is 10.0. The maximum Gasteiger partial charge on any atom is 0.263 e. The molecule has 1 atom stereocenters. The predicted molar refractivity (Wildman–Crippen MR) is 95.0 cm³/mol. The number of carbonyl (C=O) groups is 1. The van der Waals surface area contributed by atoms with Crippen molar-refractivity contribution in [2.24, 2.45) is 5.92 Å². The summed E-state index contributed by atoms with van der Waals surface area (Å²) in [6.07, 6.45) is 2.32. The first kappa shape index (κ1) is 15.5. The average Bonchev–Trinajstić information content (AvgIpc) is 3.11. The lowest BCUT2D eigenvalue weighted by Gasteiger charge is -2.30. The quantitative estimate of drug-likeness (QED) is 0.825. The zero-order valence-corrected chi connectivity index (χ0v) is 14.6. The minimum atomic E-state index is 0.162. The van der Waals surface area contributed by atoms with Crippen molar-refractivity contribution in [3.05, 3.63) is 35.2 Å². The summed E-state index contributed by atoms with van der Waals surface area (Å²) in [6, 6.07) is 9.93. The lowest BCUT2D eigenvalue weighted by Crippen LogP contribution is -2.38. The van der Waals surface area contributed by atoms with Gasteiger partial charge in [0.1, 0.15) is 13.2 Å². The first-order valence-corrected chi connectivity index (χ1v) is 9.31. The van der Waals surface area contributed by atoms with Gasteiger partial charge in [0.15, 0.2) is 11.5 Å². The van der Waals surface area contributed by atoms with Gasteiger partial charge in [0, 0.05) is 18.0 Å². The minimum Gasteiger partial charge on any atom is -0.486 e. The lowest BCUT2D eigenvalue weighted by molar-refractivity contribution is 0.0688. The van der Waals surface area contributed by atoms with Gasteiger partial charge in [-0.3, -0.25) is 4.79 Å². The van der Waals surface area contributed by atoms with E-state index in [2.05, 4.69) is 6.92 Å². The smallest absolute Gasteiger partial charge is 0.263 e. The average molecular weight is 343 g/mol. The molecular weight excluding hydrogens is 322 g/mol. The zero-order chi connectivity index (χ0) is 16.5. The van der Waals surface area contributed by atoms with Gasteiger partial charge < -0.3 is 14.4 Å². The summed E-state index contributed by atoms with van der Waals surface area (Å²) in [6.45, 7) is 5.14. The number of thiophene rings is 1. The Balaban J connectivity index is 1.55. The standard InChI is InChI=1S/C19H21NO3S/c1-13-3-2-8-20(12-13)19(21)18-7-6-17(24-18)14-4-5-15-16(11-14)23-10-9-22-15/h4-7,11,13H,2-3,8-10,12H2,1H3. The Morgan fingerprint density at radius 1 is 1.17 bits per heavy atom. The Morgan fingerprint density at radius 3 is 2.83 bits per heavy atom. The largest absolute Gasteiger partial charge is 0.486 e. The highest BCUT2D eigenvalue weighted by Gasteiger charge is 2.23. The maximum atomic E-state index is 12.7. The number of hydrogen-bond donors (Lipinski definition) is 0. The number of likely N-dealkylation sites (tertiary alicyclic amines) is 1. The second-order valence-electron chi connectivity index (χ2n) is 6.52. The summed E-state index contributed by atoms with van der Waals surface area (Å²) in [5.41, 5.74) is 1.07. The van der Waals surface area contributed by atoms with Gasteiger partial charge in [-0.2, -0.15) is 0 Å². The second kappa shape index (κ2) is 6.48. The number of amides is 1. The molecule has 1 saturated heterocycles. The second-order valence-corrected chi connectivity index (χ2v) is 7.60. The van der Waals surface area contributed by atoms with Gasteiger partial charge >= 0.3 is 0 Å². The molecule has 0 saturated carbocycles. The van der Waals surface area contributed by atoms with E-state index in [9.17, 15) is 4.79 Å². The number of rotatable bonds is 2. The van der Waals surface area contributed by atoms with E-state index in [1.54, 1.807) is 11.3 Å². The monoisotopic (exact) mass is 343 g/mol. The maximum absolute atomic E-state index is 12.7. The highest BCUT2D eigenvalue weighted by molar-refractivity contribution is 7.17. The van der Waals surface area contributed by atoms with Crippen LogP contribution in [0.15, 0.2) is 30.3 Å². The van der Waals surface area contributed by atoms with E-state index in [0.717, 1.165) is 46.3 Å². The molecule has 0 N–H and O–H groups in total. The van der Waals surface area contributed by atoms with Crippen molar-refractivity contribution in [3.8, 4) is 21.9 Å². The predicted octanol–water partition coefficient (Wildman–Crippen LogP) is 4.06. The Morgan fingerprint density at radius 2 is 2.00 bits per heavy atom. The van der Waals surface area contributed by atoms with Gasteiger partial charge in [-0.1, -0.05) is 6.92 Å². The molecule has 0 radical (unpaired) electrons. The van der Waals surface area contributed by atoms with Gasteiger partial charge in [-0.15, -0.1) is 11.3 Å². The van der Waals surface area contributed by atoms with Gasteiger partial charge in [-0.05, 0) is 54.7 Å². The van der Waals surface area contributed by atoms with Crippen molar-refractivity contribution in [1.29, 1.82) is 0 Å². The number of hydrogen-bond acceptors (Lipinski definition) is 4. The Labute approximate surface area is 146 Å². The molecule has 0 aliphatic carbocycles. The molecule has 24 heavy (non-hydrogen) atoms. The third-order valence-corrected chi connectivity index (χ3v) is 5.71. The summed E-state index contributed by atoms with van der Waals surface area (Å²) in [5.74, 6) is 2.33. The number of fused-ring (bicyclic) bond motifs is 1. The molecule has 4 rings (SSSR count). The SMILES string of the molecule is CC1CCCN(C(=O)c2ccc(-c3ccc4c(c3)OCCO4)s2)C1. The van der Waals surface area contributed by atoms with Crippen molar-refractivity contribution < 1.29 is 14.3 Å². The minimum absolute atomic E-state index is 0.162. The molecule has 4 nitrogen and oxygen atoms in total. The molecule has 3 heterocycles. The highest BCUT2D eigenvalue weighted by Crippen LogP contribution is 2.37. The van der Waals surface area contributed by atoms with Gasteiger partial charge in [0.25, 0.3) is 5.91 Å². The van der Waals surface area contributed by atoms with Crippen LogP contribution in [0.2, 0.25) is 0 Å². The van der Waals surface area contributed by atoms with Crippen LogP contribution in [0.4, 0.5) is 0 Å². The van der Waals surface area contributed by atoms with Crippen molar-refractivity contribution in [2.45, 2.75) is 19.8 Å². The normalized spacial score (nSPS) is 20.0. The third-order valence-electron chi connectivity index (χ3n) is 4.59. The summed E-state index contributed by atoms with van der Waals surface area (Å²) < 4.78 is 11.2. The summed E-state index contributed by atoms with van der Waals surface area (Å²) >= 11 is 1.55. The molecule has 1 unspecified atom stereocenters. The fraction of sp³-hybridized carbons (Fsp3) is 0.421. The van der Waals surface area contributed by atoms with Gasteiger partial charge in [0.2, 0.25) is 0 Å². The molecule has 1 aromatic heterocycles. The first-order valence-electron chi connectivity index (χ1n) is 8.50. The van der Waals surface area contributed by atoms with Crippen molar-refractivity contribution in [1.82, 2.24) is 4.90 Å². The number of nitrogens with zero attached hydrogens (tertiary/aromatic N) is 1. The van der Waals surface area contributed by atoms with E-state index in [1.165, 1.54) is 6.42 Å². The number of ether oxygens (including phenoxy) is 2. The van der Waals surface area contributed by atoms with Gasteiger partial charge in [0.05, 0.1) is 4.88 Å². The number of benzene rings is 1. The molecule has 2 aliphatic heterocycles. The van der Waals surface area contributed by atoms with Crippen LogP contribution in [0, 0.1) is 5.92 Å². The highest BCUT2D eigenvalue weighted by atomic mass is 32.1. The Hall–Kier alpha value is -2.01. The zero-order valence-electron chi connectivity index (χ0n) is 13.8. The molecular formula is C19H21NO3S. The Kier molecular flexibility index (Phi) is 4.19. The van der Waals surface area contributed by atoms with E-state index in [4.69, 9.17) is 9.47 Å². The fourth-order valence-electron chi connectivity index (χ4n) is 3.33. The summed E-state index contributed by atoms with van der Waals surface area (Å²) in [7, 11) is 0. The molecule has 5 heteroatoms. The van der Waals surface area contributed by atoms with Crippen LogP contribution in [0.1, 0.15) is 29.4 Å². The van der Waals surface area contributed by atoms with Crippen molar-refractivity contribution in [3.63, 3.8) is 0 Å². The van der Waals surface area contributed by atoms with E-state index in [-0.39, 0.29) is 5.91 Å². The Bertz CT molecular complexity index is 755. The van der Waals surface area contributed by atoms with Crippen LogP contribution >= 0.6 is 11.3 Å². The molecule has 0 spiro atoms. The molecule has 2 aromatic rings. The summed E-state index contributed by atoms with van der Waals surface area (Å²) in [5, 5.41) is 0. The van der Waals surface area contributed by atoms with Crippen LogP contribution in [0.5, 0.6) is 11.5 Å². The fourth-order valence-corrected chi connectivity index (χ4v) is 4.30. The van der Waals surface area contributed by atoms with E-state index < -0.39 is 0 Å². The molecule has 126 valence electrons. The van der Waals surface area contributed by atoms with Crippen LogP contribution in [0.25, 0.3) is 10.4 Å². The molecule has 1 aromatic carbocycles. The molecule has 1 fully saturated rings. The third kappa shape index (κ3) is 3.00. The first-order chi connectivity index (χ1) is 11.7. The molecule has 1 amide bonds. The van der Waals surface area contributed by atoms with E-state index in [1.807, 2.05) is 35.2 Å². The van der Waals surface area contributed by atoms with Crippen molar-refractivity contribution >= 4 is 17.2 Å². The van der Waals surface area contributed by atoms with Crippen LogP contribution in [0.3, 0.4) is 0 Å². The molecule has 2 aliphatic rings. The van der Waals surface area contributed by atoms with Crippen LogP contribution < -0.4 is 9.47 Å². The van der Waals surface area contributed by atoms with Crippen LogP contribution in [-0.4, -0.2) is 37.1 Å². The van der Waals surface area contributed by atoms with E-state index >= 15 is 0 Å². The van der Waals surface area contributed by atoms with E-state index in [0.29, 0.717) is 19.1 Å².